The van der Waals surface area contributed by atoms with Crippen molar-refractivity contribution in [2.45, 2.75) is 0 Å². The van der Waals surface area contributed by atoms with Gasteiger partial charge < -0.3 is 10.1 Å². The summed E-state index contributed by atoms with van der Waals surface area (Å²) < 4.78 is 1.95. The van der Waals surface area contributed by atoms with Crippen molar-refractivity contribution >= 4 is 11.2 Å². The van der Waals surface area contributed by atoms with Gasteiger partial charge in [0.25, 0.3) is 0 Å². The molecule has 0 aliphatic rings. The molecule has 0 aliphatic carbocycles. The number of fused-ring (bicyclic) bond motifs is 1. The minimum absolute atomic E-state index is 0.571. The Morgan fingerprint density at radius 3 is 3.08 bits per heavy atom. The van der Waals surface area contributed by atoms with Gasteiger partial charge in [-0.1, -0.05) is 6.58 Å². The summed E-state index contributed by atoms with van der Waals surface area (Å²) >= 11 is 0. The zero-order chi connectivity index (χ0) is 8.55. The van der Waals surface area contributed by atoms with Crippen LogP contribution in [0.25, 0.3) is 11.2 Å². The molecule has 0 aliphatic heterocycles. The van der Waals surface area contributed by atoms with E-state index in [4.69, 9.17) is 5.73 Å². The SMILES string of the molecule is C=C(N)c1ccc2cnccn12. The van der Waals surface area contributed by atoms with E-state index in [-0.39, 0.29) is 0 Å². The monoisotopic (exact) mass is 159 g/mol. The van der Waals surface area contributed by atoms with E-state index in [1.807, 2.05) is 22.7 Å². The van der Waals surface area contributed by atoms with Crippen molar-refractivity contribution in [3.8, 4) is 0 Å². The zero-order valence-corrected chi connectivity index (χ0v) is 6.57. The maximum absolute atomic E-state index is 5.59. The summed E-state index contributed by atoms with van der Waals surface area (Å²) in [6.45, 7) is 3.68. The van der Waals surface area contributed by atoms with Gasteiger partial charge in [0.1, 0.15) is 0 Å². The molecule has 0 unspecified atom stereocenters. The van der Waals surface area contributed by atoms with Crippen LogP contribution in [0, 0.1) is 0 Å². The first-order valence-electron chi connectivity index (χ1n) is 3.65. The highest BCUT2D eigenvalue weighted by atomic mass is 14.9. The predicted molar refractivity (Wildman–Crippen MR) is 48.4 cm³/mol. The van der Waals surface area contributed by atoms with Crippen molar-refractivity contribution in [1.29, 1.82) is 0 Å². The van der Waals surface area contributed by atoms with Crippen LogP contribution in [0.2, 0.25) is 0 Å². The standard InChI is InChI=1S/C9H9N3/c1-7(10)9-3-2-8-6-11-4-5-12(8)9/h2-6H,1,10H2. The van der Waals surface area contributed by atoms with Crippen LogP contribution < -0.4 is 5.73 Å². The number of hydrogen-bond acceptors (Lipinski definition) is 2. The lowest BCUT2D eigenvalue weighted by Gasteiger charge is -1.99. The van der Waals surface area contributed by atoms with Gasteiger partial charge >= 0.3 is 0 Å². The highest BCUT2D eigenvalue weighted by Gasteiger charge is 2.00. The van der Waals surface area contributed by atoms with E-state index in [9.17, 15) is 0 Å². The lowest BCUT2D eigenvalue weighted by Crippen LogP contribution is -1.98. The molecule has 2 heterocycles. The summed E-state index contributed by atoms with van der Waals surface area (Å²) in [6, 6.07) is 3.89. The van der Waals surface area contributed by atoms with Gasteiger partial charge in [0, 0.05) is 18.1 Å². The first-order valence-corrected chi connectivity index (χ1v) is 3.65. The molecule has 0 amide bonds. The molecule has 3 heteroatoms. The lowest BCUT2D eigenvalue weighted by atomic mass is 10.3. The average Bonchev–Trinajstić information content (AvgIpc) is 2.47. The van der Waals surface area contributed by atoms with E-state index in [1.165, 1.54) is 0 Å². The molecule has 0 fully saturated rings. The summed E-state index contributed by atoms with van der Waals surface area (Å²) in [6.07, 6.45) is 5.37. The van der Waals surface area contributed by atoms with Crippen LogP contribution in [0.1, 0.15) is 5.69 Å². The van der Waals surface area contributed by atoms with Crippen molar-refractivity contribution in [2.24, 2.45) is 5.73 Å². The van der Waals surface area contributed by atoms with E-state index in [0.29, 0.717) is 5.70 Å². The van der Waals surface area contributed by atoms with Crippen molar-refractivity contribution < 1.29 is 0 Å². The Labute approximate surface area is 70.1 Å². The van der Waals surface area contributed by atoms with Gasteiger partial charge in [-0.2, -0.15) is 0 Å². The van der Waals surface area contributed by atoms with Crippen LogP contribution >= 0.6 is 0 Å². The summed E-state index contributed by atoms with van der Waals surface area (Å²) in [5.41, 5.74) is 8.11. The molecule has 2 aromatic rings. The molecule has 0 radical (unpaired) electrons. The van der Waals surface area contributed by atoms with Gasteiger partial charge in [-0.3, -0.25) is 4.98 Å². The molecule has 0 bridgehead atoms. The van der Waals surface area contributed by atoms with E-state index in [0.717, 1.165) is 11.2 Å². The molecule has 60 valence electrons. The van der Waals surface area contributed by atoms with Crippen LogP contribution in [0.4, 0.5) is 0 Å². The average molecular weight is 159 g/mol. The van der Waals surface area contributed by atoms with E-state index in [1.54, 1.807) is 12.4 Å². The van der Waals surface area contributed by atoms with Crippen LogP contribution in [-0.2, 0) is 0 Å². The van der Waals surface area contributed by atoms with Crippen LogP contribution in [0.3, 0.4) is 0 Å². The normalized spacial score (nSPS) is 10.3. The molecule has 3 nitrogen and oxygen atoms in total. The minimum atomic E-state index is 0.571. The molecule has 12 heavy (non-hydrogen) atoms. The van der Waals surface area contributed by atoms with E-state index < -0.39 is 0 Å². The molecule has 0 saturated heterocycles. The Kier molecular flexibility index (Phi) is 1.37. The highest BCUT2D eigenvalue weighted by Crippen LogP contribution is 2.11. The fourth-order valence-corrected chi connectivity index (χ4v) is 1.22. The fourth-order valence-electron chi connectivity index (χ4n) is 1.22. The first kappa shape index (κ1) is 6.91. The minimum Gasteiger partial charge on any atom is -0.398 e. The second-order valence-corrected chi connectivity index (χ2v) is 2.61. The molecule has 2 aromatic heterocycles. The Bertz CT molecular complexity index is 428. The summed E-state index contributed by atoms with van der Waals surface area (Å²) in [4.78, 5) is 3.99. The van der Waals surface area contributed by atoms with Crippen molar-refractivity contribution in [3.05, 3.63) is 43.0 Å². The lowest BCUT2D eigenvalue weighted by molar-refractivity contribution is 1.11. The van der Waals surface area contributed by atoms with Crippen molar-refractivity contribution in [3.63, 3.8) is 0 Å². The van der Waals surface area contributed by atoms with Gasteiger partial charge in [0.05, 0.1) is 17.4 Å². The van der Waals surface area contributed by atoms with Gasteiger partial charge in [0.2, 0.25) is 0 Å². The molecular weight excluding hydrogens is 150 g/mol. The predicted octanol–water partition coefficient (Wildman–Crippen LogP) is 1.26. The van der Waals surface area contributed by atoms with E-state index >= 15 is 0 Å². The molecule has 0 atom stereocenters. The third-order valence-corrected chi connectivity index (χ3v) is 1.79. The molecular formula is C9H9N3. The molecule has 0 aromatic carbocycles. The van der Waals surface area contributed by atoms with Crippen LogP contribution in [0.5, 0.6) is 0 Å². The Hall–Kier alpha value is -1.77. The summed E-state index contributed by atoms with van der Waals surface area (Å²) in [7, 11) is 0. The Morgan fingerprint density at radius 1 is 1.50 bits per heavy atom. The number of hydrogen-bond donors (Lipinski definition) is 1. The first-order chi connectivity index (χ1) is 5.79. The molecule has 0 spiro atoms. The third kappa shape index (κ3) is 0.871. The maximum atomic E-state index is 5.59. The van der Waals surface area contributed by atoms with Crippen LogP contribution in [-0.4, -0.2) is 9.38 Å². The molecule has 2 N–H and O–H groups in total. The molecule has 0 saturated carbocycles. The smallest absolute Gasteiger partial charge is 0.0681 e. The van der Waals surface area contributed by atoms with Gasteiger partial charge in [-0.25, -0.2) is 0 Å². The quantitative estimate of drug-likeness (QED) is 0.680. The summed E-state index contributed by atoms with van der Waals surface area (Å²) in [5, 5.41) is 0. The second kappa shape index (κ2) is 2.37. The van der Waals surface area contributed by atoms with Crippen LogP contribution in [0.15, 0.2) is 37.3 Å². The van der Waals surface area contributed by atoms with Gasteiger partial charge in [0.15, 0.2) is 0 Å². The summed E-state index contributed by atoms with van der Waals surface area (Å²) in [5.74, 6) is 0. The maximum Gasteiger partial charge on any atom is 0.0681 e. The number of nitrogens with zero attached hydrogens (tertiary/aromatic N) is 2. The Morgan fingerprint density at radius 2 is 2.33 bits per heavy atom. The largest absolute Gasteiger partial charge is 0.398 e. The number of aromatic nitrogens is 2. The Balaban J connectivity index is 2.79. The number of nitrogens with two attached hydrogens (primary N) is 1. The van der Waals surface area contributed by atoms with Gasteiger partial charge in [-0.05, 0) is 12.1 Å². The van der Waals surface area contributed by atoms with E-state index in [2.05, 4.69) is 11.6 Å². The number of rotatable bonds is 1. The molecule has 2 rings (SSSR count). The zero-order valence-electron chi connectivity index (χ0n) is 6.57. The topological polar surface area (TPSA) is 43.3 Å². The highest BCUT2D eigenvalue weighted by molar-refractivity contribution is 5.63. The van der Waals surface area contributed by atoms with Gasteiger partial charge in [-0.15, -0.1) is 0 Å². The van der Waals surface area contributed by atoms with Crippen molar-refractivity contribution in [1.82, 2.24) is 9.38 Å². The third-order valence-electron chi connectivity index (χ3n) is 1.79. The second-order valence-electron chi connectivity index (χ2n) is 2.61. The fraction of sp³-hybridized carbons (Fsp3) is 0. The van der Waals surface area contributed by atoms with Crippen molar-refractivity contribution in [2.75, 3.05) is 0 Å².